The zero-order valence-corrected chi connectivity index (χ0v) is 14.6. The predicted octanol–water partition coefficient (Wildman–Crippen LogP) is 4.03. The van der Waals surface area contributed by atoms with Gasteiger partial charge in [-0.25, -0.2) is 4.79 Å². The summed E-state index contributed by atoms with van der Waals surface area (Å²) in [5, 5.41) is 12.0. The molecule has 0 unspecified atom stereocenters. The van der Waals surface area contributed by atoms with Crippen LogP contribution in [0.3, 0.4) is 0 Å². The van der Waals surface area contributed by atoms with E-state index in [2.05, 4.69) is 5.32 Å². The highest BCUT2D eigenvalue weighted by Gasteiger charge is 2.15. The number of hydrogen-bond donors (Lipinski definition) is 2. The van der Waals surface area contributed by atoms with Crippen LogP contribution in [0.4, 0.5) is 5.69 Å². The fourth-order valence-corrected chi connectivity index (χ4v) is 3.21. The molecule has 0 aromatic heterocycles. The van der Waals surface area contributed by atoms with Gasteiger partial charge in [0.15, 0.2) is 0 Å². The van der Waals surface area contributed by atoms with Crippen LogP contribution in [0.25, 0.3) is 0 Å². The van der Waals surface area contributed by atoms with Crippen LogP contribution in [-0.4, -0.2) is 23.1 Å². The largest absolute Gasteiger partial charge is 0.478 e. The monoisotopic (exact) mass is 353 g/mol. The summed E-state index contributed by atoms with van der Waals surface area (Å²) in [4.78, 5) is 23.4. The van der Waals surface area contributed by atoms with Crippen molar-refractivity contribution in [2.75, 3.05) is 5.32 Å². The number of carboxylic acid groups (broad SMARTS) is 1. The molecule has 1 aliphatic carbocycles. The molecule has 0 aliphatic heterocycles. The second-order valence-electron chi connectivity index (χ2n) is 6.60. The van der Waals surface area contributed by atoms with Gasteiger partial charge < -0.3 is 15.2 Å². The number of nitrogens with one attached hydrogen (secondary N) is 1. The Hall–Kier alpha value is -2.66. The number of ether oxygens (including phenoxy) is 1. The predicted molar refractivity (Wildman–Crippen MR) is 99.2 cm³/mol. The number of carbonyl (C=O) groups excluding carboxylic acids is 1. The molecule has 0 heterocycles. The quantitative estimate of drug-likeness (QED) is 0.788. The first kappa shape index (κ1) is 18.1. The van der Waals surface area contributed by atoms with Crippen molar-refractivity contribution < 1.29 is 19.4 Å². The topological polar surface area (TPSA) is 75.6 Å². The lowest BCUT2D eigenvalue weighted by Crippen LogP contribution is -2.16. The van der Waals surface area contributed by atoms with Gasteiger partial charge in [-0.3, -0.25) is 4.79 Å². The molecule has 0 spiro atoms. The van der Waals surface area contributed by atoms with E-state index in [1.165, 1.54) is 18.9 Å². The number of carbonyl (C=O) groups is 2. The van der Waals surface area contributed by atoms with E-state index in [9.17, 15) is 14.7 Å². The number of amides is 1. The summed E-state index contributed by atoms with van der Waals surface area (Å²) in [6.07, 6.45) is 5.19. The minimum absolute atomic E-state index is 0.0228. The van der Waals surface area contributed by atoms with Crippen LogP contribution in [0.5, 0.6) is 0 Å². The Morgan fingerprint density at radius 3 is 2.42 bits per heavy atom. The highest BCUT2D eigenvalue weighted by molar-refractivity contribution is 5.96. The third-order valence-electron chi connectivity index (χ3n) is 4.62. The number of hydrogen-bond acceptors (Lipinski definition) is 3. The number of rotatable bonds is 7. The van der Waals surface area contributed by atoms with Gasteiger partial charge in [-0.1, -0.05) is 43.2 Å². The molecule has 5 heteroatoms. The smallest absolute Gasteiger partial charge is 0.335 e. The SMILES string of the molecule is O=C(Cc1ccccc1C(=O)O)Nc1ccc(COC2CCCC2)cc1. The van der Waals surface area contributed by atoms with Gasteiger partial charge in [-0.05, 0) is 42.2 Å². The molecule has 3 rings (SSSR count). The van der Waals surface area contributed by atoms with Gasteiger partial charge in [-0.2, -0.15) is 0 Å². The van der Waals surface area contributed by atoms with Crippen LogP contribution in [0.15, 0.2) is 48.5 Å². The summed E-state index contributed by atoms with van der Waals surface area (Å²) in [5.74, 6) is -1.27. The highest BCUT2D eigenvalue weighted by Crippen LogP contribution is 2.22. The Labute approximate surface area is 153 Å². The Morgan fingerprint density at radius 1 is 1.04 bits per heavy atom. The Kier molecular flexibility index (Phi) is 6.02. The normalized spacial score (nSPS) is 14.3. The molecule has 1 saturated carbocycles. The molecule has 2 aromatic rings. The molecule has 1 aliphatic rings. The average molecular weight is 353 g/mol. The summed E-state index contributed by atoms with van der Waals surface area (Å²) in [6.45, 7) is 0.588. The van der Waals surface area contributed by atoms with Crippen molar-refractivity contribution in [1.29, 1.82) is 0 Å². The maximum atomic E-state index is 12.2. The molecular weight excluding hydrogens is 330 g/mol. The molecule has 136 valence electrons. The van der Waals surface area contributed by atoms with Crippen molar-refractivity contribution in [3.63, 3.8) is 0 Å². The molecule has 2 N–H and O–H groups in total. The minimum atomic E-state index is -1.03. The fourth-order valence-electron chi connectivity index (χ4n) is 3.21. The summed E-state index contributed by atoms with van der Waals surface area (Å²) in [5.41, 5.74) is 2.42. The van der Waals surface area contributed by atoms with Crippen molar-refractivity contribution in [3.8, 4) is 0 Å². The molecule has 1 fully saturated rings. The lowest BCUT2D eigenvalue weighted by atomic mass is 10.0. The van der Waals surface area contributed by atoms with Crippen molar-refractivity contribution in [2.45, 2.75) is 44.8 Å². The lowest BCUT2D eigenvalue weighted by Gasteiger charge is -2.12. The van der Waals surface area contributed by atoms with Crippen molar-refractivity contribution in [3.05, 3.63) is 65.2 Å². The molecule has 0 radical (unpaired) electrons. The Bertz CT molecular complexity index is 764. The minimum Gasteiger partial charge on any atom is -0.478 e. The molecule has 5 nitrogen and oxygen atoms in total. The second-order valence-corrected chi connectivity index (χ2v) is 6.60. The maximum Gasteiger partial charge on any atom is 0.335 e. The van der Waals surface area contributed by atoms with Gasteiger partial charge in [-0.15, -0.1) is 0 Å². The summed E-state index contributed by atoms with van der Waals surface area (Å²) < 4.78 is 5.88. The maximum absolute atomic E-state index is 12.2. The van der Waals surface area contributed by atoms with Crippen LogP contribution in [0.2, 0.25) is 0 Å². The molecule has 0 bridgehead atoms. The Balaban J connectivity index is 1.53. The molecule has 2 aromatic carbocycles. The summed E-state index contributed by atoms with van der Waals surface area (Å²) >= 11 is 0. The van der Waals surface area contributed by atoms with Gasteiger partial charge in [0.2, 0.25) is 5.91 Å². The first-order valence-corrected chi connectivity index (χ1v) is 8.93. The van der Waals surface area contributed by atoms with Gasteiger partial charge in [0.05, 0.1) is 24.7 Å². The van der Waals surface area contributed by atoms with E-state index in [4.69, 9.17) is 4.74 Å². The first-order valence-electron chi connectivity index (χ1n) is 8.93. The van der Waals surface area contributed by atoms with Crippen LogP contribution in [0.1, 0.15) is 47.2 Å². The van der Waals surface area contributed by atoms with Gasteiger partial charge in [0.1, 0.15) is 0 Å². The standard InChI is InChI=1S/C21H23NO4/c23-20(13-16-5-1-4-8-19(16)21(24)25)22-17-11-9-15(10-12-17)14-26-18-6-2-3-7-18/h1,4-5,8-12,18H,2-3,6-7,13-14H2,(H,22,23)(H,24,25). The number of carboxylic acids is 1. The molecule has 0 saturated heterocycles. The van der Waals surface area contributed by atoms with Crippen LogP contribution in [-0.2, 0) is 22.6 Å². The number of aromatic carboxylic acids is 1. The highest BCUT2D eigenvalue weighted by atomic mass is 16.5. The van der Waals surface area contributed by atoms with Crippen LogP contribution in [0, 0.1) is 0 Å². The summed E-state index contributed by atoms with van der Waals surface area (Å²) in [7, 11) is 0. The van der Waals surface area contributed by atoms with E-state index in [0.717, 1.165) is 18.4 Å². The first-order chi connectivity index (χ1) is 12.6. The molecule has 26 heavy (non-hydrogen) atoms. The third kappa shape index (κ3) is 4.92. The molecular formula is C21H23NO4. The van der Waals surface area contributed by atoms with E-state index in [1.54, 1.807) is 18.2 Å². The average Bonchev–Trinajstić information content (AvgIpc) is 3.15. The second kappa shape index (κ2) is 8.63. The van der Waals surface area contributed by atoms with E-state index >= 15 is 0 Å². The van der Waals surface area contributed by atoms with E-state index < -0.39 is 5.97 Å². The molecule has 0 atom stereocenters. The van der Waals surface area contributed by atoms with Crippen LogP contribution >= 0.6 is 0 Å². The van der Waals surface area contributed by atoms with Gasteiger partial charge >= 0.3 is 5.97 Å². The van der Waals surface area contributed by atoms with E-state index in [-0.39, 0.29) is 17.9 Å². The summed E-state index contributed by atoms with van der Waals surface area (Å²) in [6, 6.07) is 14.1. The van der Waals surface area contributed by atoms with Crippen LogP contribution < -0.4 is 5.32 Å². The lowest BCUT2D eigenvalue weighted by molar-refractivity contribution is -0.115. The van der Waals surface area contributed by atoms with E-state index in [1.807, 2.05) is 24.3 Å². The third-order valence-corrected chi connectivity index (χ3v) is 4.62. The van der Waals surface area contributed by atoms with Gasteiger partial charge in [0.25, 0.3) is 0 Å². The number of benzene rings is 2. The van der Waals surface area contributed by atoms with E-state index in [0.29, 0.717) is 24.0 Å². The zero-order chi connectivity index (χ0) is 18.4. The van der Waals surface area contributed by atoms with Crippen molar-refractivity contribution in [2.24, 2.45) is 0 Å². The van der Waals surface area contributed by atoms with Gasteiger partial charge in [0, 0.05) is 5.69 Å². The van der Waals surface area contributed by atoms with Crippen molar-refractivity contribution in [1.82, 2.24) is 0 Å². The fraction of sp³-hybridized carbons (Fsp3) is 0.333. The van der Waals surface area contributed by atoms with Crippen molar-refractivity contribution >= 4 is 17.6 Å². The number of anilines is 1. The Morgan fingerprint density at radius 2 is 1.73 bits per heavy atom. The molecule has 1 amide bonds. The zero-order valence-electron chi connectivity index (χ0n) is 14.6.